The van der Waals surface area contributed by atoms with Crippen LogP contribution in [0.25, 0.3) is 0 Å². The molecule has 0 bridgehead atoms. The molecule has 1 aliphatic rings. The van der Waals surface area contributed by atoms with Gasteiger partial charge in [0.1, 0.15) is 0 Å². The molecule has 1 heterocycles. The van der Waals surface area contributed by atoms with Crippen molar-refractivity contribution in [2.45, 2.75) is 51.9 Å². The summed E-state index contributed by atoms with van der Waals surface area (Å²) in [5.74, 6) is 0. The Morgan fingerprint density at radius 3 is 2.72 bits per heavy atom. The zero-order valence-electron chi connectivity index (χ0n) is 12.4. The molecular formula is C14H30N2O2. The molecule has 0 radical (unpaired) electrons. The molecule has 2 atom stereocenters. The number of hydrogen-bond acceptors (Lipinski definition) is 4. The van der Waals surface area contributed by atoms with Gasteiger partial charge in [-0.05, 0) is 40.3 Å². The van der Waals surface area contributed by atoms with Crippen molar-refractivity contribution in [1.82, 2.24) is 10.2 Å². The van der Waals surface area contributed by atoms with E-state index in [-0.39, 0.29) is 0 Å². The molecule has 0 aromatic heterocycles. The molecule has 4 heteroatoms. The third-order valence-electron chi connectivity index (χ3n) is 3.26. The molecule has 0 amide bonds. The Kier molecular flexibility index (Phi) is 7.82. The van der Waals surface area contributed by atoms with Gasteiger partial charge in [0.25, 0.3) is 0 Å². The molecule has 0 spiro atoms. The van der Waals surface area contributed by atoms with Crippen LogP contribution in [0.3, 0.4) is 0 Å². The van der Waals surface area contributed by atoms with E-state index in [0.29, 0.717) is 18.3 Å². The fraction of sp³-hybridized carbons (Fsp3) is 1.00. The molecule has 0 aromatic carbocycles. The molecule has 2 unspecified atom stereocenters. The molecule has 1 rings (SSSR count). The average molecular weight is 258 g/mol. The van der Waals surface area contributed by atoms with Crippen molar-refractivity contribution in [3.63, 3.8) is 0 Å². The van der Waals surface area contributed by atoms with Crippen molar-refractivity contribution in [3.8, 4) is 0 Å². The first-order valence-electron chi connectivity index (χ1n) is 7.28. The van der Waals surface area contributed by atoms with Crippen molar-refractivity contribution in [1.29, 1.82) is 0 Å². The Labute approximate surface area is 112 Å². The Balaban J connectivity index is 2.08. The van der Waals surface area contributed by atoms with Crippen LogP contribution < -0.4 is 5.32 Å². The van der Waals surface area contributed by atoms with E-state index in [2.05, 4.69) is 38.0 Å². The van der Waals surface area contributed by atoms with Gasteiger partial charge in [-0.2, -0.15) is 0 Å². The fourth-order valence-corrected chi connectivity index (χ4v) is 2.25. The summed E-state index contributed by atoms with van der Waals surface area (Å²) in [5.41, 5.74) is 0. The summed E-state index contributed by atoms with van der Waals surface area (Å²) in [4.78, 5) is 2.31. The van der Waals surface area contributed by atoms with Crippen molar-refractivity contribution >= 4 is 0 Å². The smallest absolute Gasteiger partial charge is 0.0707 e. The van der Waals surface area contributed by atoms with Crippen LogP contribution in [0.2, 0.25) is 0 Å². The predicted molar refractivity (Wildman–Crippen MR) is 75.0 cm³/mol. The van der Waals surface area contributed by atoms with Crippen LogP contribution in [-0.2, 0) is 9.47 Å². The van der Waals surface area contributed by atoms with E-state index in [0.717, 1.165) is 32.8 Å². The molecule has 1 saturated heterocycles. The summed E-state index contributed by atoms with van der Waals surface area (Å²) < 4.78 is 11.6. The fourth-order valence-electron chi connectivity index (χ4n) is 2.25. The highest BCUT2D eigenvalue weighted by Crippen LogP contribution is 2.19. The predicted octanol–water partition coefficient (Wildman–Crippen LogP) is 1.50. The van der Waals surface area contributed by atoms with Crippen LogP contribution in [0.15, 0.2) is 0 Å². The van der Waals surface area contributed by atoms with Crippen LogP contribution in [0.5, 0.6) is 0 Å². The number of ether oxygens (including phenoxy) is 2. The molecule has 108 valence electrons. The van der Waals surface area contributed by atoms with Gasteiger partial charge in [0.15, 0.2) is 0 Å². The van der Waals surface area contributed by atoms with Crippen molar-refractivity contribution < 1.29 is 9.47 Å². The molecule has 4 nitrogen and oxygen atoms in total. The SMILES string of the molecule is CCNCC1CCC(CN(C)CCOC(C)C)O1. The Morgan fingerprint density at radius 1 is 1.33 bits per heavy atom. The molecule has 1 aliphatic heterocycles. The van der Waals surface area contributed by atoms with Gasteiger partial charge >= 0.3 is 0 Å². The Morgan fingerprint density at radius 2 is 2.06 bits per heavy atom. The normalized spacial score (nSPS) is 24.3. The van der Waals surface area contributed by atoms with E-state index >= 15 is 0 Å². The molecule has 18 heavy (non-hydrogen) atoms. The van der Waals surface area contributed by atoms with E-state index in [1.165, 1.54) is 12.8 Å². The van der Waals surface area contributed by atoms with Gasteiger partial charge < -0.3 is 19.7 Å². The zero-order chi connectivity index (χ0) is 13.4. The summed E-state index contributed by atoms with van der Waals surface area (Å²) in [6, 6.07) is 0. The monoisotopic (exact) mass is 258 g/mol. The summed E-state index contributed by atoms with van der Waals surface area (Å²) in [7, 11) is 2.14. The van der Waals surface area contributed by atoms with E-state index in [1.54, 1.807) is 0 Å². The largest absolute Gasteiger partial charge is 0.377 e. The second-order valence-electron chi connectivity index (χ2n) is 5.45. The van der Waals surface area contributed by atoms with E-state index in [4.69, 9.17) is 9.47 Å². The van der Waals surface area contributed by atoms with Gasteiger partial charge in [-0.1, -0.05) is 6.92 Å². The first-order chi connectivity index (χ1) is 8.61. The van der Waals surface area contributed by atoms with Crippen LogP contribution in [0.4, 0.5) is 0 Å². The van der Waals surface area contributed by atoms with E-state index in [1.807, 2.05) is 0 Å². The maximum absolute atomic E-state index is 6.02. The quantitative estimate of drug-likeness (QED) is 0.679. The van der Waals surface area contributed by atoms with E-state index in [9.17, 15) is 0 Å². The molecule has 1 fully saturated rings. The minimum atomic E-state index is 0.325. The highest BCUT2D eigenvalue weighted by atomic mass is 16.5. The highest BCUT2D eigenvalue weighted by Gasteiger charge is 2.25. The lowest BCUT2D eigenvalue weighted by Crippen LogP contribution is -2.33. The van der Waals surface area contributed by atoms with Gasteiger partial charge in [0.05, 0.1) is 24.9 Å². The lowest BCUT2D eigenvalue weighted by atomic mass is 10.2. The number of hydrogen-bond donors (Lipinski definition) is 1. The zero-order valence-corrected chi connectivity index (χ0v) is 12.4. The first-order valence-corrected chi connectivity index (χ1v) is 7.28. The standard InChI is InChI=1S/C14H30N2O2/c1-5-15-10-13-6-7-14(18-13)11-16(4)8-9-17-12(2)3/h12-15H,5-11H2,1-4H3. The van der Waals surface area contributed by atoms with Crippen LogP contribution in [0.1, 0.15) is 33.6 Å². The minimum Gasteiger partial charge on any atom is -0.377 e. The summed E-state index contributed by atoms with van der Waals surface area (Å²) in [6.07, 6.45) is 3.51. The number of rotatable bonds is 9. The van der Waals surface area contributed by atoms with Gasteiger partial charge in [-0.3, -0.25) is 0 Å². The average Bonchev–Trinajstić information content (AvgIpc) is 2.73. The minimum absolute atomic E-state index is 0.325. The maximum Gasteiger partial charge on any atom is 0.0707 e. The first kappa shape index (κ1) is 15.9. The lowest BCUT2D eigenvalue weighted by molar-refractivity contribution is 0.0168. The van der Waals surface area contributed by atoms with Crippen LogP contribution >= 0.6 is 0 Å². The Hall–Kier alpha value is -0.160. The van der Waals surface area contributed by atoms with E-state index < -0.39 is 0 Å². The third kappa shape index (κ3) is 6.69. The topological polar surface area (TPSA) is 33.7 Å². The van der Waals surface area contributed by atoms with Gasteiger partial charge in [0, 0.05) is 19.6 Å². The lowest BCUT2D eigenvalue weighted by Gasteiger charge is -2.22. The summed E-state index contributed by atoms with van der Waals surface area (Å²) in [5, 5.41) is 3.35. The van der Waals surface area contributed by atoms with Crippen molar-refractivity contribution in [2.75, 3.05) is 39.8 Å². The highest BCUT2D eigenvalue weighted by molar-refractivity contribution is 4.77. The summed E-state index contributed by atoms with van der Waals surface area (Å²) >= 11 is 0. The van der Waals surface area contributed by atoms with Crippen LogP contribution in [0, 0.1) is 0 Å². The molecule has 0 saturated carbocycles. The van der Waals surface area contributed by atoms with Crippen molar-refractivity contribution in [2.24, 2.45) is 0 Å². The second kappa shape index (κ2) is 8.86. The summed E-state index contributed by atoms with van der Waals surface area (Å²) in [6.45, 7) is 11.1. The number of nitrogens with one attached hydrogen (secondary N) is 1. The van der Waals surface area contributed by atoms with Gasteiger partial charge in [0.2, 0.25) is 0 Å². The number of nitrogens with zero attached hydrogens (tertiary/aromatic N) is 1. The second-order valence-corrected chi connectivity index (χ2v) is 5.45. The maximum atomic E-state index is 6.02. The third-order valence-corrected chi connectivity index (χ3v) is 3.26. The number of likely N-dealkylation sites (N-methyl/N-ethyl adjacent to an activating group) is 2. The van der Waals surface area contributed by atoms with Gasteiger partial charge in [-0.15, -0.1) is 0 Å². The molecular weight excluding hydrogens is 228 g/mol. The van der Waals surface area contributed by atoms with Crippen molar-refractivity contribution in [3.05, 3.63) is 0 Å². The molecule has 1 N–H and O–H groups in total. The van der Waals surface area contributed by atoms with Gasteiger partial charge in [-0.25, -0.2) is 0 Å². The molecule has 0 aromatic rings. The van der Waals surface area contributed by atoms with Crippen LogP contribution in [-0.4, -0.2) is 63.0 Å². The molecule has 0 aliphatic carbocycles. The Bertz CT molecular complexity index is 212.